The minimum atomic E-state index is -4.82. The van der Waals surface area contributed by atoms with E-state index in [9.17, 15) is 40.7 Å². The van der Waals surface area contributed by atoms with Gasteiger partial charge in [-0.25, -0.2) is 4.90 Å². The number of unbranched alkanes of at least 4 members (excludes halogenated alkanes) is 3. The molecule has 0 saturated carbocycles. The van der Waals surface area contributed by atoms with E-state index >= 15 is 0 Å². The van der Waals surface area contributed by atoms with E-state index in [-0.39, 0.29) is 22.4 Å². The second-order valence-electron chi connectivity index (χ2n) is 10.8. The van der Waals surface area contributed by atoms with Gasteiger partial charge in [-0.3, -0.25) is 19.3 Å². The van der Waals surface area contributed by atoms with Crippen LogP contribution in [0.1, 0.15) is 66.1 Å². The Morgan fingerprint density at radius 1 is 0.864 bits per heavy atom. The van der Waals surface area contributed by atoms with Crippen LogP contribution in [0.15, 0.2) is 53.6 Å². The predicted octanol–water partition coefficient (Wildman–Crippen LogP) is 6.19. The summed E-state index contributed by atoms with van der Waals surface area (Å²) in [4.78, 5) is 42.9. The fourth-order valence-corrected chi connectivity index (χ4v) is 5.39. The van der Waals surface area contributed by atoms with Crippen LogP contribution in [0.4, 0.5) is 32.0 Å². The van der Waals surface area contributed by atoms with Crippen LogP contribution in [0, 0.1) is 11.3 Å². The topological polar surface area (TPSA) is 84.7 Å². The highest BCUT2D eigenvalue weighted by Gasteiger charge is 2.39. The van der Waals surface area contributed by atoms with E-state index in [0.717, 1.165) is 55.0 Å². The Hall–Kier alpha value is -4.18. The van der Waals surface area contributed by atoms with Crippen molar-refractivity contribution in [2.75, 3.05) is 37.6 Å². The second kappa shape index (κ2) is 13.2. The molecule has 1 saturated heterocycles. The van der Waals surface area contributed by atoms with Crippen molar-refractivity contribution in [2.45, 2.75) is 51.4 Å². The highest BCUT2D eigenvalue weighted by molar-refractivity contribution is 6.32. The summed E-state index contributed by atoms with van der Waals surface area (Å²) in [5, 5.41) is 9.01. The number of rotatable bonds is 9. The average Bonchev–Trinajstić information content (AvgIpc) is 3.20. The quantitative estimate of drug-likeness (QED) is 0.190. The first-order valence-electron chi connectivity index (χ1n) is 14.1. The number of alkyl halides is 6. The maximum absolute atomic E-state index is 13.4. The van der Waals surface area contributed by atoms with Gasteiger partial charge in [0.05, 0.1) is 28.4 Å². The molecule has 13 heteroatoms. The lowest BCUT2D eigenvalue weighted by Crippen LogP contribution is -2.48. The van der Waals surface area contributed by atoms with Crippen molar-refractivity contribution in [1.29, 1.82) is 5.26 Å². The van der Waals surface area contributed by atoms with Crippen LogP contribution in [0.2, 0.25) is 0 Å². The van der Waals surface area contributed by atoms with E-state index in [1.165, 1.54) is 25.1 Å². The van der Waals surface area contributed by atoms with Gasteiger partial charge in [0.2, 0.25) is 0 Å². The van der Waals surface area contributed by atoms with Crippen molar-refractivity contribution >= 4 is 23.4 Å². The normalized spacial score (nSPS) is 16.6. The minimum Gasteiger partial charge on any atom is -0.336 e. The van der Waals surface area contributed by atoms with Gasteiger partial charge in [0.1, 0.15) is 0 Å². The first-order valence-corrected chi connectivity index (χ1v) is 14.1. The molecule has 0 unspecified atom stereocenters. The molecular weight excluding hydrogens is 590 g/mol. The number of halogens is 6. The van der Waals surface area contributed by atoms with E-state index in [1.54, 1.807) is 4.90 Å². The fourth-order valence-electron chi connectivity index (χ4n) is 5.39. The Kier molecular flexibility index (Phi) is 9.83. The lowest BCUT2D eigenvalue weighted by atomic mass is 10.0. The van der Waals surface area contributed by atoms with E-state index in [1.807, 2.05) is 0 Å². The Bertz CT molecular complexity index is 1500. The van der Waals surface area contributed by atoms with Gasteiger partial charge in [-0.05, 0) is 69.1 Å². The van der Waals surface area contributed by atoms with Gasteiger partial charge in [0, 0.05) is 42.9 Å². The average molecular weight is 621 g/mol. The van der Waals surface area contributed by atoms with E-state index in [0.29, 0.717) is 45.1 Å². The third-order valence-electron chi connectivity index (χ3n) is 7.87. The number of carbonyl (C=O) groups excluding carboxylic acids is 3. The van der Waals surface area contributed by atoms with Crippen molar-refractivity contribution in [1.82, 2.24) is 9.80 Å². The molecule has 44 heavy (non-hydrogen) atoms. The van der Waals surface area contributed by atoms with Gasteiger partial charge >= 0.3 is 12.4 Å². The summed E-state index contributed by atoms with van der Waals surface area (Å²) in [6, 6.07) is 8.62. The summed E-state index contributed by atoms with van der Waals surface area (Å²) in [5.41, 5.74) is -2.46. The van der Waals surface area contributed by atoms with Crippen molar-refractivity contribution in [3.63, 3.8) is 0 Å². The highest BCUT2D eigenvalue weighted by atomic mass is 19.4. The van der Waals surface area contributed by atoms with Crippen LogP contribution in [-0.4, -0.2) is 60.2 Å². The summed E-state index contributed by atoms with van der Waals surface area (Å²) in [6.07, 6.45) is -6.04. The number of hydrogen-bond acceptors (Lipinski definition) is 5. The molecule has 1 fully saturated rings. The monoisotopic (exact) mass is 620 g/mol. The lowest BCUT2D eigenvalue weighted by Gasteiger charge is -2.34. The molecule has 0 atom stereocenters. The number of nitriles is 1. The van der Waals surface area contributed by atoms with Gasteiger partial charge in [-0.2, -0.15) is 31.6 Å². The first-order chi connectivity index (χ1) is 20.7. The zero-order valence-corrected chi connectivity index (χ0v) is 23.9. The molecule has 0 bridgehead atoms. The second-order valence-corrected chi connectivity index (χ2v) is 10.8. The molecule has 0 aromatic heterocycles. The maximum atomic E-state index is 13.4. The number of imide groups is 1. The Balaban J connectivity index is 1.20. The van der Waals surface area contributed by atoms with Crippen LogP contribution >= 0.6 is 0 Å². The number of piperazine rings is 1. The molecule has 7 nitrogen and oxygen atoms in total. The molecule has 0 spiro atoms. The fraction of sp³-hybridized carbons (Fsp3) is 0.419. The van der Waals surface area contributed by atoms with Crippen molar-refractivity contribution in [2.24, 2.45) is 0 Å². The number of amides is 3. The zero-order valence-electron chi connectivity index (χ0n) is 23.9. The summed E-state index contributed by atoms with van der Waals surface area (Å²) in [5.74, 6) is -1.78. The first kappa shape index (κ1) is 32.7. The van der Waals surface area contributed by atoms with Crippen molar-refractivity contribution in [3.05, 3.63) is 75.9 Å². The van der Waals surface area contributed by atoms with Crippen LogP contribution in [-0.2, 0) is 21.9 Å². The van der Waals surface area contributed by atoms with Crippen LogP contribution in [0.5, 0.6) is 0 Å². The number of nitrogens with zero attached hydrogens (tertiary/aromatic N) is 4. The number of anilines is 1. The third-order valence-corrected chi connectivity index (χ3v) is 7.87. The molecule has 4 rings (SSSR count). The Morgan fingerprint density at radius 3 is 2.18 bits per heavy atom. The standard InChI is InChI=1S/C31H30F6N4O3/c1-20-25(29(44)41(27(20)42)24-11-10-22(19-38)26(18-24)31(35,36)37)9-4-2-3-5-12-39-13-15-40(16-14-39)28(43)21-7-6-8-23(17-21)30(32,33)34/h6-8,10-11,17-18H,2-5,9,12-16H2,1H3. The van der Waals surface area contributed by atoms with E-state index < -0.39 is 46.8 Å². The van der Waals surface area contributed by atoms with Gasteiger partial charge in [0.25, 0.3) is 17.7 Å². The summed E-state index contributed by atoms with van der Waals surface area (Å²) in [6.45, 7) is 4.22. The van der Waals surface area contributed by atoms with Crippen LogP contribution in [0.3, 0.4) is 0 Å². The SMILES string of the molecule is CC1=C(CCCCCCN2CCN(C(=O)c3cccc(C(F)(F)F)c3)CC2)C(=O)N(c2ccc(C#N)c(C(F)(F)F)c2)C1=O. The Labute approximate surface area is 250 Å². The highest BCUT2D eigenvalue weighted by Crippen LogP contribution is 2.37. The van der Waals surface area contributed by atoms with Crippen LogP contribution < -0.4 is 4.90 Å². The van der Waals surface area contributed by atoms with Gasteiger partial charge in [-0.1, -0.05) is 18.9 Å². The molecule has 2 aliphatic rings. The van der Waals surface area contributed by atoms with Gasteiger partial charge in [0.15, 0.2) is 0 Å². The molecule has 2 aromatic carbocycles. The summed E-state index contributed by atoms with van der Waals surface area (Å²) < 4.78 is 79.2. The Morgan fingerprint density at radius 2 is 1.55 bits per heavy atom. The third kappa shape index (κ3) is 7.30. The number of benzene rings is 2. The molecule has 2 aromatic rings. The maximum Gasteiger partial charge on any atom is 0.417 e. The molecule has 3 amide bonds. The molecule has 0 N–H and O–H groups in total. The largest absolute Gasteiger partial charge is 0.417 e. The van der Waals surface area contributed by atoms with E-state index in [2.05, 4.69) is 4.90 Å². The number of hydrogen-bond donors (Lipinski definition) is 0. The van der Waals surface area contributed by atoms with Crippen molar-refractivity contribution in [3.8, 4) is 6.07 Å². The van der Waals surface area contributed by atoms with E-state index in [4.69, 9.17) is 5.26 Å². The van der Waals surface area contributed by atoms with Crippen LogP contribution in [0.25, 0.3) is 0 Å². The summed E-state index contributed by atoms with van der Waals surface area (Å²) >= 11 is 0. The number of carbonyl (C=O) groups is 3. The smallest absolute Gasteiger partial charge is 0.336 e. The summed E-state index contributed by atoms with van der Waals surface area (Å²) in [7, 11) is 0. The minimum absolute atomic E-state index is 0.00662. The predicted molar refractivity (Wildman–Crippen MR) is 148 cm³/mol. The molecule has 0 aliphatic carbocycles. The molecular formula is C31H30F6N4O3. The van der Waals surface area contributed by atoms with Crippen molar-refractivity contribution < 1.29 is 40.7 Å². The van der Waals surface area contributed by atoms with Gasteiger partial charge < -0.3 is 4.90 Å². The molecule has 0 radical (unpaired) electrons. The molecule has 234 valence electrons. The molecule has 2 heterocycles. The lowest BCUT2D eigenvalue weighted by molar-refractivity contribution is -0.138. The zero-order chi connectivity index (χ0) is 32.2. The van der Waals surface area contributed by atoms with Gasteiger partial charge in [-0.15, -0.1) is 0 Å². The molecule has 2 aliphatic heterocycles.